The number of rotatable bonds is 3. The highest BCUT2D eigenvalue weighted by Gasteiger charge is 2.43. The molecule has 0 unspecified atom stereocenters. The van der Waals surface area contributed by atoms with Gasteiger partial charge in [-0.2, -0.15) is 0 Å². The molecule has 0 aromatic carbocycles. The number of ketones is 2. The van der Waals surface area contributed by atoms with Crippen molar-refractivity contribution in [3.05, 3.63) is 46.7 Å². The molecule has 114 valence electrons. The van der Waals surface area contributed by atoms with E-state index in [-0.39, 0.29) is 33.6 Å². The molecule has 0 saturated carbocycles. The number of fused-ring (bicyclic) bond motifs is 2. The lowest BCUT2D eigenvalue weighted by molar-refractivity contribution is 0.0956. The Kier molecular flexibility index (Phi) is 3.36. The van der Waals surface area contributed by atoms with Gasteiger partial charge in [-0.05, 0) is 19.1 Å². The van der Waals surface area contributed by atoms with Gasteiger partial charge in [0.15, 0.2) is 5.76 Å². The number of hydrogen-bond acceptors (Lipinski definition) is 7. The van der Waals surface area contributed by atoms with Crippen molar-refractivity contribution in [3.63, 3.8) is 0 Å². The first-order valence-electron chi connectivity index (χ1n) is 6.34. The zero-order valence-electron chi connectivity index (χ0n) is 12.1. The normalized spacial score (nSPS) is 14.0. The molecule has 2 aromatic heterocycles. The van der Waals surface area contributed by atoms with E-state index in [1.54, 1.807) is 6.07 Å². The molecule has 22 heavy (non-hydrogen) atoms. The second-order valence-electron chi connectivity index (χ2n) is 4.63. The molecule has 8 heteroatoms. The smallest absolute Gasteiger partial charge is 0.365 e. The first-order valence-corrected chi connectivity index (χ1v) is 7.88. The van der Waals surface area contributed by atoms with Crippen LogP contribution < -0.4 is 5.30 Å². The van der Waals surface area contributed by atoms with Crippen molar-refractivity contribution in [1.82, 2.24) is 4.98 Å². The molecule has 2 aromatic rings. The highest BCUT2D eigenvalue weighted by Crippen LogP contribution is 2.49. The van der Waals surface area contributed by atoms with E-state index in [9.17, 15) is 14.2 Å². The first-order chi connectivity index (χ1) is 10.4. The van der Waals surface area contributed by atoms with Gasteiger partial charge in [-0.25, -0.2) is 0 Å². The van der Waals surface area contributed by atoms with Gasteiger partial charge in [-0.15, -0.1) is 0 Å². The van der Waals surface area contributed by atoms with Crippen molar-refractivity contribution in [3.8, 4) is 0 Å². The van der Waals surface area contributed by atoms with Crippen LogP contribution >= 0.6 is 7.60 Å². The molecule has 0 aliphatic heterocycles. The van der Waals surface area contributed by atoms with Crippen LogP contribution in [0.4, 0.5) is 0 Å². The summed E-state index contributed by atoms with van der Waals surface area (Å²) >= 11 is 0. The minimum absolute atomic E-state index is 0.000746. The summed E-state index contributed by atoms with van der Waals surface area (Å²) < 4.78 is 28.0. The Morgan fingerprint density at radius 2 is 1.86 bits per heavy atom. The molecular weight excluding hydrogens is 309 g/mol. The van der Waals surface area contributed by atoms with Gasteiger partial charge >= 0.3 is 7.60 Å². The molecule has 0 saturated heterocycles. The summed E-state index contributed by atoms with van der Waals surface area (Å²) in [6.07, 6.45) is 1.41. The zero-order valence-corrected chi connectivity index (χ0v) is 13.0. The highest BCUT2D eigenvalue weighted by atomic mass is 31.2. The van der Waals surface area contributed by atoms with Gasteiger partial charge in [0.1, 0.15) is 16.8 Å². The second-order valence-corrected chi connectivity index (χ2v) is 6.80. The van der Waals surface area contributed by atoms with Gasteiger partial charge < -0.3 is 13.5 Å². The van der Waals surface area contributed by atoms with Crippen LogP contribution in [0.2, 0.25) is 0 Å². The van der Waals surface area contributed by atoms with Crippen LogP contribution in [0, 0.1) is 6.92 Å². The van der Waals surface area contributed by atoms with E-state index in [1.807, 2.05) is 0 Å². The number of pyridine rings is 1. The van der Waals surface area contributed by atoms with Crippen LogP contribution in [0.25, 0.3) is 0 Å². The quantitative estimate of drug-likeness (QED) is 0.679. The molecule has 0 atom stereocenters. The fraction of sp³-hybridized carbons (Fsp3) is 0.214. The SMILES string of the molecule is COP(=O)(OC)c1c(C)oc2c1C(=O)c1ncccc1C2=O. The van der Waals surface area contributed by atoms with Crippen LogP contribution in [-0.4, -0.2) is 30.8 Å². The van der Waals surface area contributed by atoms with Gasteiger partial charge in [0.25, 0.3) is 0 Å². The van der Waals surface area contributed by atoms with Gasteiger partial charge in [-0.3, -0.25) is 19.1 Å². The number of aryl methyl sites for hydroxylation is 1. The standard InChI is InChI=1S/C14H12NO6P/c1-7-14(22(18,19-2)20-3)9-12(17)10-8(5-4-6-15-10)11(16)13(9)21-7/h4-6H,1-3H3. The molecule has 2 heterocycles. The van der Waals surface area contributed by atoms with Crippen molar-refractivity contribution in [2.45, 2.75) is 6.92 Å². The molecule has 0 N–H and O–H groups in total. The van der Waals surface area contributed by atoms with E-state index < -0.39 is 19.2 Å². The maximum absolute atomic E-state index is 12.7. The lowest BCUT2D eigenvalue weighted by atomic mass is 9.92. The average Bonchev–Trinajstić information content (AvgIpc) is 2.90. The summed E-state index contributed by atoms with van der Waals surface area (Å²) in [5, 5.41) is -0.0258. The Labute approximate surface area is 125 Å². The maximum Gasteiger partial charge on any atom is 0.365 e. The summed E-state index contributed by atoms with van der Waals surface area (Å²) in [7, 11) is -1.36. The topological polar surface area (TPSA) is 95.7 Å². The molecule has 1 aliphatic carbocycles. The summed E-state index contributed by atoms with van der Waals surface area (Å²) in [6, 6.07) is 3.05. The van der Waals surface area contributed by atoms with Crippen molar-refractivity contribution < 1.29 is 27.6 Å². The van der Waals surface area contributed by atoms with E-state index in [0.29, 0.717) is 0 Å². The Bertz CT molecular complexity index is 845. The van der Waals surface area contributed by atoms with E-state index >= 15 is 0 Å². The number of hydrogen-bond donors (Lipinski definition) is 0. The van der Waals surface area contributed by atoms with Crippen LogP contribution in [0.1, 0.15) is 37.9 Å². The third-order valence-corrected chi connectivity index (χ3v) is 5.56. The fourth-order valence-corrected chi connectivity index (χ4v) is 3.93. The molecule has 1 aliphatic rings. The van der Waals surface area contributed by atoms with Gasteiger partial charge in [-0.1, -0.05) is 0 Å². The third-order valence-electron chi connectivity index (χ3n) is 3.51. The zero-order chi connectivity index (χ0) is 16.1. The average molecular weight is 321 g/mol. The summed E-state index contributed by atoms with van der Waals surface area (Å²) in [5.74, 6) is -1.03. The third kappa shape index (κ3) is 1.83. The number of nitrogens with zero attached hydrogens (tertiary/aromatic N) is 1. The molecule has 0 radical (unpaired) electrons. The largest absolute Gasteiger partial charge is 0.456 e. The van der Waals surface area contributed by atoms with E-state index in [2.05, 4.69) is 4.98 Å². The predicted molar refractivity (Wildman–Crippen MR) is 75.8 cm³/mol. The Morgan fingerprint density at radius 3 is 2.50 bits per heavy atom. The van der Waals surface area contributed by atoms with Crippen LogP contribution in [-0.2, 0) is 13.6 Å². The van der Waals surface area contributed by atoms with E-state index in [4.69, 9.17) is 13.5 Å². The predicted octanol–water partition coefficient (Wildman–Crippen LogP) is 1.87. The molecule has 0 spiro atoms. The minimum Gasteiger partial charge on any atom is -0.456 e. The van der Waals surface area contributed by atoms with Crippen LogP contribution in [0.3, 0.4) is 0 Å². The summed E-state index contributed by atoms with van der Waals surface area (Å²) in [5.41, 5.74) is 0.0616. The molecule has 7 nitrogen and oxygen atoms in total. The first kappa shape index (κ1) is 14.8. The van der Waals surface area contributed by atoms with Crippen molar-refractivity contribution in [1.29, 1.82) is 0 Å². The second kappa shape index (κ2) is 4.98. The van der Waals surface area contributed by atoms with Crippen LogP contribution in [0.5, 0.6) is 0 Å². The van der Waals surface area contributed by atoms with Crippen molar-refractivity contribution in [2.24, 2.45) is 0 Å². The van der Waals surface area contributed by atoms with Gasteiger partial charge in [0.2, 0.25) is 11.6 Å². The molecule has 3 rings (SSSR count). The number of carbonyl (C=O) groups is 2. The molecule has 0 fully saturated rings. The number of furan rings is 1. The Hall–Kier alpha value is -2.08. The fourth-order valence-electron chi connectivity index (χ4n) is 2.50. The van der Waals surface area contributed by atoms with Crippen LogP contribution in [0.15, 0.2) is 22.7 Å². The minimum atomic E-state index is -3.75. The van der Waals surface area contributed by atoms with Gasteiger partial charge in [0, 0.05) is 20.4 Å². The summed E-state index contributed by atoms with van der Waals surface area (Å²) in [4.78, 5) is 29.1. The van der Waals surface area contributed by atoms with E-state index in [1.165, 1.54) is 33.4 Å². The van der Waals surface area contributed by atoms with E-state index in [0.717, 1.165) is 0 Å². The Morgan fingerprint density at radius 1 is 1.18 bits per heavy atom. The maximum atomic E-state index is 12.7. The molecular formula is C14H12NO6P. The number of aromatic nitrogens is 1. The lowest BCUT2D eigenvalue weighted by Gasteiger charge is -2.16. The summed E-state index contributed by atoms with van der Waals surface area (Å²) in [6.45, 7) is 1.50. The van der Waals surface area contributed by atoms with Gasteiger partial charge in [0.05, 0.1) is 11.1 Å². The monoisotopic (exact) mass is 321 g/mol. The van der Waals surface area contributed by atoms with Crippen molar-refractivity contribution in [2.75, 3.05) is 14.2 Å². The molecule has 0 amide bonds. The van der Waals surface area contributed by atoms with Crippen molar-refractivity contribution >= 4 is 24.5 Å². The highest BCUT2D eigenvalue weighted by molar-refractivity contribution is 7.62. The number of carbonyl (C=O) groups excluding carboxylic acids is 2. The molecule has 0 bridgehead atoms. The Balaban J connectivity index is 2.34. The lowest BCUT2D eigenvalue weighted by Crippen LogP contribution is -2.26.